The van der Waals surface area contributed by atoms with Crippen LogP contribution in [0.2, 0.25) is 5.02 Å². The van der Waals surface area contributed by atoms with Crippen molar-refractivity contribution in [3.63, 3.8) is 0 Å². The van der Waals surface area contributed by atoms with Crippen LogP contribution >= 0.6 is 22.9 Å². The lowest BCUT2D eigenvalue weighted by molar-refractivity contribution is -0.140. The smallest absolute Gasteiger partial charge is 0.434 e. The Kier molecular flexibility index (Phi) is 6.51. The minimum atomic E-state index is -4.95. The van der Waals surface area contributed by atoms with Crippen LogP contribution in [0.5, 0.6) is 0 Å². The van der Waals surface area contributed by atoms with Gasteiger partial charge in [-0.1, -0.05) is 64.9 Å². The molecular weight excluding hydrogens is 489 g/mol. The molecule has 0 radical (unpaired) electrons. The monoisotopic (exact) mass is 506 g/mol. The average molecular weight is 507 g/mol. The van der Waals surface area contributed by atoms with Crippen molar-refractivity contribution in [2.24, 2.45) is 4.99 Å². The van der Waals surface area contributed by atoms with E-state index in [0.29, 0.717) is 10.6 Å². The van der Waals surface area contributed by atoms with E-state index in [-0.39, 0.29) is 21.5 Å². The summed E-state index contributed by atoms with van der Waals surface area (Å²) in [6.45, 7) is 3.26. The van der Waals surface area contributed by atoms with Crippen LogP contribution < -0.4 is 14.9 Å². The zero-order chi connectivity index (χ0) is 24.6. The molecule has 3 aromatic rings. The molecule has 0 spiro atoms. The fourth-order valence-electron chi connectivity index (χ4n) is 3.61. The van der Waals surface area contributed by atoms with Crippen molar-refractivity contribution < 1.29 is 22.7 Å². The molecule has 1 aliphatic heterocycles. The molecule has 0 bridgehead atoms. The first-order valence-electron chi connectivity index (χ1n) is 10.2. The minimum Gasteiger partial charge on any atom is -0.463 e. The third kappa shape index (κ3) is 4.58. The van der Waals surface area contributed by atoms with Crippen molar-refractivity contribution in [2.75, 3.05) is 6.61 Å². The summed E-state index contributed by atoms with van der Waals surface area (Å²) in [6, 6.07) is 11.9. The second-order valence-corrected chi connectivity index (χ2v) is 8.97. The van der Waals surface area contributed by atoms with Gasteiger partial charge in [-0.25, -0.2) is 9.79 Å². The number of carbonyl (C=O) groups is 1. The Hall–Kier alpha value is -3.17. The summed E-state index contributed by atoms with van der Waals surface area (Å²) in [4.78, 5) is 29.7. The molecule has 2 heterocycles. The molecule has 0 aliphatic carbocycles. The zero-order valence-electron chi connectivity index (χ0n) is 18.0. The average Bonchev–Trinajstić information content (AvgIpc) is 3.09. The Morgan fingerprint density at radius 3 is 2.41 bits per heavy atom. The maximum atomic E-state index is 14.1. The van der Waals surface area contributed by atoms with E-state index >= 15 is 0 Å². The maximum Gasteiger partial charge on any atom is 0.434 e. The second kappa shape index (κ2) is 9.23. The number of esters is 1. The first-order chi connectivity index (χ1) is 16.1. The molecule has 176 valence electrons. The number of fused-ring (bicyclic) bond motifs is 1. The lowest BCUT2D eigenvalue weighted by Gasteiger charge is -2.26. The van der Waals surface area contributed by atoms with Crippen molar-refractivity contribution in [3.8, 4) is 0 Å². The predicted molar refractivity (Wildman–Crippen MR) is 123 cm³/mol. The van der Waals surface area contributed by atoms with E-state index in [2.05, 4.69) is 4.99 Å². The third-order valence-corrected chi connectivity index (χ3v) is 6.39. The molecule has 34 heavy (non-hydrogen) atoms. The number of hydrogen-bond donors (Lipinski definition) is 0. The number of rotatable bonds is 4. The van der Waals surface area contributed by atoms with Gasteiger partial charge in [-0.05, 0) is 43.2 Å². The fourth-order valence-corrected chi connectivity index (χ4v) is 4.74. The van der Waals surface area contributed by atoms with Crippen LogP contribution in [-0.2, 0) is 9.53 Å². The number of aromatic nitrogens is 1. The van der Waals surface area contributed by atoms with Gasteiger partial charge in [0.2, 0.25) is 0 Å². The van der Waals surface area contributed by atoms with Gasteiger partial charge in [0.15, 0.2) is 10.5 Å². The molecule has 1 aromatic heterocycles. The number of allylic oxidation sites excluding steroid dienone is 1. The van der Waals surface area contributed by atoms with Gasteiger partial charge >= 0.3 is 12.1 Å². The number of aryl methyl sites for hydroxylation is 1. The number of carbonyl (C=O) groups excluding carboxylic acids is 1. The standard InChI is InChI=1S/C24H18ClF3N2O3S/c1-3-33-22(32)18-19(15-8-10-16(25)11-9-15)30-21(31)17(12-14-6-4-13(2)5-7-14)34-23(30)29-20(18)24(26,27)28/h4-12,19H,3H2,1-2H3/b17-12-/t19-/m0/s1. The first kappa shape index (κ1) is 24.0. The van der Waals surface area contributed by atoms with Crippen LogP contribution in [0, 0.1) is 6.92 Å². The summed E-state index contributed by atoms with van der Waals surface area (Å²) in [5, 5.41) is 0.355. The molecule has 4 rings (SSSR count). The lowest BCUT2D eigenvalue weighted by atomic mass is 9.95. The van der Waals surface area contributed by atoms with Gasteiger partial charge in [-0.3, -0.25) is 9.36 Å². The van der Waals surface area contributed by atoms with Gasteiger partial charge in [0.1, 0.15) is 0 Å². The number of alkyl halides is 3. The fraction of sp³-hybridized carbons (Fsp3) is 0.208. The number of hydrogen-bond acceptors (Lipinski definition) is 5. The van der Waals surface area contributed by atoms with Gasteiger partial charge in [-0.15, -0.1) is 0 Å². The van der Waals surface area contributed by atoms with E-state index in [4.69, 9.17) is 16.3 Å². The van der Waals surface area contributed by atoms with Crippen molar-refractivity contribution in [1.82, 2.24) is 4.57 Å². The molecule has 1 aliphatic rings. The van der Waals surface area contributed by atoms with E-state index in [1.165, 1.54) is 31.2 Å². The Morgan fingerprint density at radius 2 is 1.82 bits per heavy atom. The largest absolute Gasteiger partial charge is 0.463 e. The molecule has 5 nitrogen and oxygen atoms in total. The number of halogens is 4. The highest BCUT2D eigenvalue weighted by molar-refractivity contribution is 7.07. The van der Waals surface area contributed by atoms with Crippen molar-refractivity contribution in [1.29, 1.82) is 0 Å². The summed E-state index contributed by atoms with van der Waals surface area (Å²) >= 11 is 6.79. The van der Waals surface area contributed by atoms with Gasteiger partial charge in [0.05, 0.1) is 22.8 Å². The Morgan fingerprint density at radius 1 is 1.18 bits per heavy atom. The maximum absolute atomic E-state index is 14.1. The second-order valence-electron chi connectivity index (χ2n) is 7.53. The molecule has 0 saturated carbocycles. The van der Waals surface area contributed by atoms with E-state index in [9.17, 15) is 22.8 Å². The summed E-state index contributed by atoms with van der Waals surface area (Å²) < 4.78 is 48.4. The van der Waals surface area contributed by atoms with Crippen LogP contribution in [0.25, 0.3) is 6.08 Å². The highest BCUT2D eigenvalue weighted by atomic mass is 35.5. The molecular formula is C24H18ClF3N2O3S. The number of ether oxygens (including phenoxy) is 1. The minimum absolute atomic E-state index is 0.140. The number of thiazole rings is 1. The van der Waals surface area contributed by atoms with Crippen molar-refractivity contribution >= 4 is 35.0 Å². The van der Waals surface area contributed by atoms with Gasteiger partial charge < -0.3 is 4.74 Å². The summed E-state index contributed by atoms with van der Waals surface area (Å²) in [5.74, 6) is -1.19. The third-order valence-electron chi connectivity index (χ3n) is 5.16. The predicted octanol–water partition coefficient (Wildman–Crippen LogP) is 4.30. The Labute approximate surface area is 201 Å². The van der Waals surface area contributed by atoms with E-state index in [0.717, 1.165) is 21.5 Å². The quantitative estimate of drug-likeness (QED) is 0.496. The normalized spacial score (nSPS) is 16.3. The highest BCUT2D eigenvalue weighted by Crippen LogP contribution is 2.38. The lowest BCUT2D eigenvalue weighted by Crippen LogP contribution is -2.41. The molecule has 0 unspecified atom stereocenters. The van der Waals surface area contributed by atoms with Crippen LogP contribution in [0.1, 0.15) is 29.7 Å². The van der Waals surface area contributed by atoms with E-state index < -0.39 is 35.0 Å². The Bertz CT molecular complexity index is 1450. The van der Waals surface area contributed by atoms with E-state index in [1.807, 2.05) is 19.1 Å². The number of nitrogens with zero attached hydrogens (tertiary/aromatic N) is 2. The van der Waals surface area contributed by atoms with Gasteiger partial charge in [0.25, 0.3) is 5.56 Å². The first-order valence-corrected chi connectivity index (χ1v) is 11.4. The van der Waals surface area contributed by atoms with Gasteiger partial charge in [-0.2, -0.15) is 13.2 Å². The molecule has 1 atom stereocenters. The topological polar surface area (TPSA) is 60.7 Å². The summed E-state index contributed by atoms with van der Waals surface area (Å²) in [5.41, 5.74) is -0.686. The van der Waals surface area contributed by atoms with Crippen LogP contribution in [0.4, 0.5) is 13.2 Å². The SMILES string of the molecule is CCOC(=O)C1=C(C(F)(F)F)N=c2s/c(=C\c3ccc(C)cc3)c(=O)n2[C@H]1c1ccc(Cl)cc1. The number of benzene rings is 2. The van der Waals surface area contributed by atoms with Crippen LogP contribution in [0.3, 0.4) is 0 Å². The van der Waals surface area contributed by atoms with Crippen LogP contribution in [0.15, 0.2) is 69.6 Å². The summed E-state index contributed by atoms with van der Waals surface area (Å²) in [6.07, 6.45) is -3.36. The molecule has 0 N–H and O–H groups in total. The molecule has 10 heteroatoms. The van der Waals surface area contributed by atoms with E-state index in [1.54, 1.807) is 18.2 Å². The van der Waals surface area contributed by atoms with Crippen molar-refractivity contribution in [2.45, 2.75) is 26.1 Å². The summed E-state index contributed by atoms with van der Waals surface area (Å²) in [7, 11) is 0. The molecule has 0 fully saturated rings. The molecule has 0 amide bonds. The highest BCUT2D eigenvalue weighted by Gasteiger charge is 2.45. The Balaban J connectivity index is 2.04. The zero-order valence-corrected chi connectivity index (χ0v) is 19.6. The molecule has 2 aromatic carbocycles. The molecule has 0 saturated heterocycles. The van der Waals surface area contributed by atoms with Gasteiger partial charge in [0, 0.05) is 5.02 Å². The van der Waals surface area contributed by atoms with Crippen LogP contribution in [-0.4, -0.2) is 23.3 Å². The van der Waals surface area contributed by atoms with Crippen molar-refractivity contribution in [3.05, 3.63) is 101 Å².